The summed E-state index contributed by atoms with van der Waals surface area (Å²) in [6.07, 6.45) is 0.267. The van der Waals surface area contributed by atoms with Crippen molar-refractivity contribution >= 4 is 23.2 Å². The van der Waals surface area contributed by atoms with Gasteiger partial charge in [-0.15, -0.1) is 0 Å². The van der Waals surface area contributed by atoms with Gasteiger partial charge in [-0.25, -0.2) is 4.98 Å². The molecular formula is C22H23F3N6O2. The number of hydrogen-bond donors (Lipinski definition) is 2. The number of alkyl halides is 3. The Balaban J connectivity index is 1.48. The summed E-state index contributed by atoms with van der Waals surface area (Å²) in [5.74, 6) is 0.845. The number of aromatic nitrogens is 3. The van der Waals surface area contributed by atoms with Crippen LogP contribution >= 0.6 is 0 Å². The number of carbonyl (C=O) groups is 1. The molecule has 0 bridgehead atoms. The Kier molecular flexibility index (Phi) is 4.78. The molecule has 8 nitrogen and oxygen atoms in total. The van der Waals surface area contributed by atoms with Gasteiger partial charge in [0.05, 0.1) is 30.4 Å². The molecular weight excluding hydrogens is 437 g/mol. The van der Waals surface area contributed by atoms with E-state index < -0.39 is 23.4 Å². The number of ether oxygens (including phenoxy) is 1. The van der Waals surface area contributed by atoms with E-state index >= 15 is 0 Å². The molecule has 1 amide bonds. The summed E-state index contributed by atoms with van der Waals surface area (Å²) in [4.78, 5) is 23.6. The van der Waals surface area contributed by atoms with Crippen LogP contribution in [-0.2, 0) is 28.8 Å². The minimum atomic E-state index is -4.50. The highest BCUT2D eigenvalue weighted by Gasteiger charge is 2.53. The maximum Gasteiger partial charge on any atom is 0.416 e. The van der Waals surface area contributed by atoms with Gasteiger partial charge in [0.15, 0.2) is 0 Å². The van der Waals surface area contributed by atoms with Gasteiger partial charge >= 0.3 is 6.18 Å². The van der Waals surface area contributed by atoms with Gasteiger partial charge in [-0.05, 0) is 43.5 Å². The molecule has 1 saturated carbocycles. The first-order chi connectivity index (χ1) is 15.6. The maximum atomic E-state index is 13.3. The number of methoxy groups -OCH3 is 1. The number of halogens is 3. The average Bonchev–Trinajstić information content (AvgIpc) is 3.20. The first-order valence-corrected chi connectivity index (χ1v) is 10.5. The van der Waals surface area contributed by atoms with Gasteiger partial charge in [-0.2, -0.15) is 18.2 Å². The number of nitrogens with two attached hydrogens (primary N) is 1. The monoisotopic (exact) mass is 460 g/mol. The number of imidazole rings is 1. The summed E-state index contributed by atoms with van der Waals surface area (Å²) < 4.78 is 47.1. The number of nitrogen functional groups attached to an aromatic ring is 1. The SMILES string of the molecule is COC1(C(=O)N2Cc3c(N[C@H](C)c4cc(N)cc(C(F)(F)F)c4)nc4nccn4c3C2)CC1. The summed E-state index contributed by atoms with van der Waals surface area (Å²) in [5.41, 5.74) is 6.24. The lowest BCUT2D eigenvalue weighted by Gasteiger charge is -2.21. The zero-order valence-corrected chi connectivity index (χ0v) is 18.1. The lowest BCUT2D eigenvalue weighted by Crippen LogP contribution is -2.38. The normalized spacial score (nSPS) is 17.8. The third kappa shape index (κ3) is 3.65. The number of carbonyl (C=O) groups excluding carboxylic acids is 1. The van der Waals surface area contributed by atoms with E-state index in [1.165, 1.54) is 6.07 Å². The van der Waals surface area contributed by atoms with Crippen LogP contribution in [0.1, 0.15) is 48.2 Å². The topological polar surface area (TPSA) is 97.8 Å². The van der Waals surface area contributed by atoms with Crippen LogP contribution in [0.15, 0.2) is 30.6 Å². The number of anilines is 2. The van der Waals surface area contributed by atoms with Gasteiger partial charge in [-0.3, -0.25) is 9.20 Å². The predicted molar refractivity (Wildman–Crippen MR) is 114 cm³/mol. The Morgan fingerprint density at radius 2 is 2.03 bits per heavy atom. The van der Waals surface area contributed by atoms with Gasteiger partial charge in [-0.1, -0.05) is 0 Å². The molecule has 0 saturated heterocycles. The number of rotatable bonds is 5. The minimum Gasteiger partial charge on any atom is -0.399 e. The summed E-state index contributed by atoms with van der Waals surface area (Å²) in [6.45, 7) is 2.43. The number of benzene rings is 1. The Morgan fingerprint density at radius 3 is 2.70 bits per heavy atom. The molecule has 0 spiro atoms. The summed E-state index contributed by atoms with van der Waals surface area (Å²) in [7, 11) is 1.54. The van der Waals surface area contributed by atoms with E-state index in [4.69, 9.17) is 10.5 Å². The fraction of sp³-hybridized carbons (Fsp3) is 0.409. The van der Waals surface area contributed by atoms with Gasteiger partial charge in [0, 0.05) is 30.8 Å². The molecule has 174 valence electrons. The second-order valence-corrected chi connectivity index (χ2v) is 8.59. The molecule has 1 fully saturated rings. The average molecular weight is 460 g/mol. The third-order valence-corrected chi connectivity index (χ3v) is 6.38. The molecule has 1 atom stereocenters. The van der Waals surface area contributed by atoms with Crippen molar-refractivity contribution in [3.8, 4) is 0 Å². The smallest absolute Gasteiger partial charge is 0.399 e. The Labute approximate surface area is 187 Å². The molecule has 3 N–H and O–H groups in total. The minimum absolute atomic E-state index is 0.0291. The lowest BCUT2D eigenvalue weighted by molar-refractivity contribution is -0.145. The maximum absolute atomic E-state index is 13.3. The van der Waals surface area contributed by atoms with E-state index in [-0.39, 0.29) is 11.6 Å². The number of nitrogens with zero attached hydrogens (tertiary/aromatic N) is 4. The van der Waals surface area contributed by atoms with Crippen molar-refractivity contribution in [2.24, 2.45) is 0 Å². The predicted octanol–water partition coefficient (Wildman–Crippen LogP) is 3.52. The van der Waals surface area contributed by atoms with Crippen molar-refractivity contribution < 1.29 is 22.7 Å². The van der Waals surface area contributed by atoms with Crippen molar-refractivity contribution in [3.63, 3.8) is 0 Å². The number of nitrogens with one attached hydrogen (secondary N) is 1. The van der Waals surface area contributed by atoms with Gasteiger partial charge in [0.2, 0.25) is 5.78 Å². The quantitative estimate of drug-likeness (QED) is 0.566. The van der Waals surface area contributed by atoms with E-state index in [0.29, 0.717) is 43.1 Å². The lowest BCUT2D eigenvalue weighted by atomic mass is 10.0. The highest BCUT2D eigenvalue weighted by Crippen LogP contribution is 2.43. The van der Waals surface area contributed by atoms with Crippen LogP contribution in [0.4, 0.5) is 24.7 Å². The van der Waals surface area contributed by atoms with Gasteiger partial charge < -0.3 is 20.7 Å². The van der Waals surface area contributed by atoms with Crippen molar-refractivity contribution in [2.75, 3.05) is 18.2 Å². The molecule has 2 aromatic heterocycles. The van der Waals surface area contributed by atoms with E-state index in [2.05, 4.69) is 15.3 Å². The molecule has 0 unspecified atom stereocenters. The number of amides is 1. The first kappa shape index (κ1) is 21.5. The van der Waals surface area contributed by atoms with Crippen molar-refractivity contribution in [1.82, 2.24) is 19.3 Å². The van der Waals surface area contributed by atoms with E-state index in [1.807, 2.05) is 4.40 Å². The van der Waals surface area contributed by atoms with Crippen LogP contribution in [0, 0.1) is 0 Å². The van der Waals surface area contributed by atoms with Crippen LogP contribution in [0.5, 0.6) is 0 Å². The van der Waals surface area contributed by atoms with Gasteiger partial charge in [0.25, 0.3) is 5.91 Å². The van der Waals surface area contributed by atoms with Crippen LogP contribution in [0.3, 0.4) is 0 Å². The fourth-order valence-corrected chi connectivity index (χ4v) is 4.35. The zero-order chi connectivity index (χ0) is 23.5. The molecule has 0 radical (unpaired) electrons. The molecule has 2 aliphatic rings. The Morgan fingerprint density at radius 1 is 1.27 bits per heavy atom. The van der Waals surface area contributed by atoms with Crippen LogP contribution < -0.4 is 11.1 Å². The standard InChI is InChI=1S/C22H23F3N6O2/c1-12(13-7-14(22(23,24)25)9-15(26)8-13)28-18-16-10-30(19(32)21(33-2)3-4-21)11-17(16)31-6-5-27-20(31)29-18/h5-9,12H,3-4,10-11,26H2,1-2H3,(H,27,28,29)/t12-/m1/s1. The fourth-order valence-electron chi connectivity index (χ4n) is 4.35. The highest BCUT2D eigenvalue weighted by atomic mass is 19.4. The second kappa shape index (κ2) is 7.34. The van der Waals surface area contributed by atoms with E-state index in [1.54, 1.807) is 31.3 Å². The molecule has 3 heterocycles. The summed E-state index contributed by atoms with van der Waals surface area (Å²) in [6, 6.07) is 2.97. The number of hydrogen-bond acceptors (Lipinski definition) is 6. The molecule has 3 aromatic rings. The molecule has 1 aliphatic carbocycles. The molecule has 11 heteroatoms. The van der Waals surface area contributed by atoms with Crippen LogP contribution in [0.2, 0.25) is 0 Å². The van der Waals surface area contributed by atoms with E-state index in [9.17, 15) is 18.0 Å². The van der Waals surface area contributed by atoms with Crippen LogP contribution in [0.25, 0.3) is 5.78 Å². The van der Waals surface area contributed by atoms with Crippen LogP contribution in [-0.4, -0.2) is 37.9 Å². The first-order valence-electron chi connectivity index (χ1n) is 10.5. The third-order valence-electron chi connectivity index (χ3n) is 6.38. The summed E-state index contributed by atoms with van der Waals surface area (Å²) in [5, 5.41) is 3.22. The van der Waals surface area contributed by atoms with Gasteiger partial charge in [0.1, 0.15) is 11.4 Å². The Hall–Kier alpha value is -3.34. The van der Waals surface area contributed by atoms with Crippen molar-refractivity contribution in [2.45, 2.75) is 50.7 Å². The molecule has 1 aliphatic heterocycles. The molecule has 5 rings (SSSR count). The Bertz CT molecular complexity index is 1250. The van der Waals surface area contributed by atoms with E-state index in [0.717, 1.165) is 23.4 Å². The summed E-state index contributed by atoms with van der Waals surface area (Å²) >= 11 is 0. The highest BCUT2D eigenvalue weighted by molar-refractivity contribution is 5.88. The number of fused-ring (bicyclic) bond motifs is 3. The largest absolute Gasteiger partial charge is 0.416 e. The second-order valence-electron chi connectivity index (χ2n) is 8.59. The van der Waals surface area contributed by atoms with Crippen molar-refractivity contribution in [1.29, 1.82) is 0 Å². The van der Waals surface area contributed by atoms with Crippen molar-refractivity contribution in [3.05, 3.63) is 53.0 Å². The zero-order valence-electron chi connectivity index (χ0n) is 18.1. The molecule has 33 heavy (non-hydrogen) atoms. The molecule has 1 aromatic carbocycles.